The Morgan fingerprint density at radius 2 is 1.61 bits per heavy atom. The Hall–Kier alpha value is -2.96. The lowest BCUT2D eigenvalue weighted by atomic mass is 10.1. The van der Waals surface area contributed by atoms with Crippen molar-refractivity contribution in [2.45, 2.75) is 0 Å². The Morgan fingerprint density at radius 1 is 0.957 bits per heavy atom. The number of primary amides is 1. The molecule has 2 amide bonds. The van der Waals surface area contributed by atoms with Crippen LogP contribution in [0.1, 0.15) is 20.7 Å². The lowest BCUT2D eigenvalue weighted by Crippen LogP contribution is -2.49. The van der Waals surface area contributed by atoms with E-state index in [-0.39, 0.29) is 5.91 Å². The number of aromatic nitrogens is 2. The number of hydrogen-bond donors (Lipinski definition) is 1. The van der Waals surface area contributed by atoms with Crippen molar-refractivity contribution in [2.75, 3.05) is 31.1 Å². The second kappa shape index (κ2) is 6.43. The average molecular weight is 311 g/mol. The van der Waals surface area contributed by atoms with E-state index < -0.39 is 5.91 Å². The van der Waals surface area contributed by atoms with Gasteiger partial charge in [0, 0.05) is 49.7 Å². The SMILES string of the molecule is NC(=O)c1cccc(C(=O)N2CCN(c3ncccn3)CC2)c1. The summed E-state index contributed by atoms with van der Waals surface area (Å²) < 4.78 is 0. The molecule has 1 aromatic heterocycles. The smallest absolute Gasteiger partial charge is 0.253 e. The normalized spacial score (nSPS) is 14.6. The summed E-state index contributed by atoms with van der Waals surface area (Å²) in [5.74, 6) is 0.0442. The standard InChI is InChI=1S/C16H17N5O2/c17-14(22)12-3-1-4-13(11-12)15(23)20-7-9-21(10-8-20)16-18-5-2-6-19-16/h1-6,11H,7-10H2,(H2,17,22). The predicted octanol–water partition coefficient (Wildman–Crippen LogP) is 0.538. The molecule has 3 rings (SSSR count). The molecule has 7 nitrogen and oxygen atoms in total. The highest BCUT2D eigenvalue weighted by Crippen LogP contribution is 2.13. The molecule has 1 aliphatic heterocycles. The molecule has 1 aromatic carbocycles. The van der Waals surface area contributed by atoms with Gasteiger partial charge in [0.1, 0.15) is 0 Å². The van der Waals surface area contributed by atoms with Crippen LogP contribution in [0.15, 0.2) is 42.7 Å². The first kappa shape index (κ1) is 15.0. The number of carbonyl (C=O) groups excluding carboxylic acids is 2. The highest BCUT2D eigenvalue weighted by Gasteiger charge is 2.23. The molecule has 2 heterocycles. The minimum atomic E-state index is -0.536. The van der Waals surface area contributed by atoms with Crippen LogP contribution in [0.2, 0.25) is 0 Å². The first-order chi connectivity index (χ1) is 11.1. The van der Waals surface area contributed by atoms with E-state index in [0.717, 1.165) is 0 Å². The number of benzene rings is 1. The van der Waals surface area contributed by atoms with Gasteiger partial charge in [-0.2, -0.15) is 0 Å². The van der Waals surface area contributed by atoms with Gasteiger partial charge in [-0.3, -0.25) is 9.59 Å². The zero-order valence-electron chi connectivity index (χ0n) is 12.6. The first-order valence-electron chi connectivity index (χ1n) is 7.36. The summed E-state index contributed by atoms with van der Waals surface area (Å²) in [5, 5.41) is 0. The third-order valence-corrected chi connectivity index (χ3v) is 3.80. The van der Waals surface area contributed by atoms with Crippen LogP contribution in [0.25, 0.3) is 0 Å². The fourth-order valence-electron chi connectivity index (χ4n) is 2.55. The predicted molar refractivity (Wildman–Crippen MR) is 85.1 cm³/mol. The van der Waals surface area contributed by atoms with E-state index in [9.17, 15) is 9.59 Å². The van der Waals surface area contributed by atoms with Gasteiger partial charge in [-0.15, -0.1) is 0 Å². The Labute approximate surface area is 133 Å². The van der Waals surface area contributed by atoms with Crippen LogP contribution in [0, 0.1) is 0 Å². The molecule has 0 unspecified atom stereocenters. The molecule has 23 heavy (non-hydrogen) atoms. The number of nitrogens with zero attached hydrogens (tertiary/aromatic N) is 4. The summed E-state index contributed by atoms with van der Waals surface area (Å²) in [6.45, 7) is 2.51. The van der Waals surface area contributed by atoms with Gasteiger partial charge in [0.2, 0.25) is 11.9 Å². The van der Waals surface area contributed by atoms with Gasteiger partial charge < -0.3 is 15.5 Å². The molecule has 2 aromatic rings. The quantitative estimate of drug-likeness (QED) is 0.893. The maximum absolute atomic E-state index is 12.5. The number of anilines is 1. The van der Waals surface area contributed by atoms with Crippen LogP contribution in [-0.4, -0.2) is 52.9 Å². The summed E-state index contributed by atoms with van der Waals surface area (Å²) in [4.78, 5) is 36.0. The Kier molecular flexibility index (Phi) is 4.18. The van der Waals surface area contributed by atoms with Gasteiger partial charge in [0.15, 0.2) is 0 Å². The van der Waals surface area contributed by atoms with E-state index in [1.165, 1.54) is 6.07 Å². The van der Waals surface area contributed by atoms with Gasteiger partial charge in [0.25, 0.3) is 5.91 Å². The Balaban J connectivity index is 1.66. The molecule has 0 saturated carbocycles. The molecule has 1 saturated heterocycles. The van der Waals surface area contributed by atoms with Crippen molar-refractivity contribution in [1.29, 1.82) is 0 Å². The van der Waals surface area contributed by atoms with Crippen LogP contribution in [0.5, 0.6) is 0 Å². The third-order valence-electron chi connectivity index (χ3n) is 3.80. The molecular weight excluding hydrogens is 294 g/mol. The van der Waals surface area contributed by atoms with Crippen molar-refractivity contribution in [3.05, 3.63) is 53.9 Å². The van der Waals surface area contributed by atoms with Crippen LogP contribution in [0.3, 0.4) is 0 Å². The van der Waals surface area contributed by atoms with Crippen molar-refractivity contribution in [2.24, 2.45) is 5.73 Å². The van der Waals surface area contributed by atoms with E-state index in [1.54, 1.807) is 41.6 Å². The van der Waals surface area contributed by atoms with Crippen molar-refractivity contribution < 1.29 is 9.59 Å². The van der Waals surface area contributed by atoms with Gasteiger partial charge in [-0.25, -0.2) is 9.97 Å². The van der Waals surface area contributed by atoms with E-state index >= 15 is 0 Å². The van der Waals surface area contributed by atoms with Gasteiger partial charge in [0.05, 0.1) is 0 Å². The van der Waals surface area contributed by atoms with Gasteiger partial charge >= 0.3 is 0 Å². The minimum absolute atomic E-state index is 0.0956. The summed E-state index contributed by atoms with van der Waals surface area (Å²) in [6, 6.07) is 8.28. The van der Waals surface area contributed by atoms with Crippen molar-refractivity contribution in [3.63, 3.8) is 0 Å². The lowest BCUT2D eigenvalue weighted by molar-refractivity contribution is 0.0746. The van der Waals surface area contributed by atoms with E-state index in [1.807, 2.05) is 4.90 Å². The van der Waals surface area contributed by atoms with Crippen molar-refractivity contribution in [3.8, 4) is 0 Å². The number of carbonyl (C=O) groups is 2. The molecule has 1 aliphatic rings. The minimum Gasteiger partial charge on any atom is -0.366 e. The molecule has 0 spiro atoms. The average Bonchev–Trinajstić information content (AvgIpc) is 2.62. The maximum Gasteiger partial charge on any atom is 0.253 e. The summed E-state index contributed by atoms with van der Waals surface area (Å²) >= 11 is 0. The molecule has 0 atom stereocenters. The van der Waals surface area contributed by atoms with E-state index in [0.29, 0.717) is 43.3 Å². The monoisotopic (exact) mass is 311 g/mol. The molecule has 2 N–H and O–H groups in total. The summed E-state index contributed by atoms with van der Waals surface area (Å²) in [5.41, 5.74) is 6.08. The lowest BCUT2D eigenvalue weighted by Gasteiger charge is -2.34. The zero-order valence-corrected chi connectivity index (χ0v) is 12.6. The number of rotatable bonds is 3. The molecule has 0 bridgehead atoms. The maximum atomic E-state index is 12.5. The third kappa shape index (κ3) is 3.28. The summed E-state index contributed by atoms with van der Waals surface area (Å²) in [6.07, 6.45) is 3.41. The first-order valence-corrected chi connectivity index (χ1v) is 7.36. The van der Waals surface area contributed by atoms with Crippen LogP contribution in [0.4, 0.5) is 5.95 Å². The Bertz CT molecular complexity index is 711. The molecule has 1 fully saturated rings. The number of amides is 2. The topological polar surface area (TPSA) is 92.4 Å². The second-order valence-electron chi connectivity index (χ2n) is 5.27. The number of nitrogens with two attached hydrogens (primary N) is 1. The zero-order chi connectivity index (χ0) is 16.2. The summed E-state index contributed by atoms with van der Waals surface area (Å²) in [7, 11) is 0. The number of hydrogen-bond acceptors (Lipinski definition) is 5. The van der Waals surface area contributed by atoms with Crippen LogP contribution in [-0.2, 0) is 0 Å². The van der Waals surface area contributed by atoms with E-state index in [4.69, 9.17) is 5.73 Å². The van der Waals surface area contributed by atoms with Crippen molar-refractivity contribution >= 4 is 17.8 Å². The fraction of sp³-hybridized carbons (Fsp3) is 0.250. The highest BCUT2D eigenvalue weighted by atomic mass is 16.2. The molecule has 7 heteroatoms. The highest BCUT2D eigenvalue weighted by molar-refractivity contribution is 5.99. The second-order valence-corrected chi connectivity index (χ2v) is 5.27. The fourth-order valence-corrected chi connectivity index (χ4v) is 2.55. The largest absolute Gasteiger partial charge is 0.366 e. The molecule has 118 valence electrons. The molecule has 0 radical (unpaired) electrons. The number of piperazine rings is 1. The molecular formula is C16H17N5O2. The van der Waals surface area contributed by atoms with E-state index in [2.05, 4.69) is 9.97 Å². The Morgan fingerprint density at radius 3 is 2.26 bits per heavy atom. The van der Waals surface area contributed by atoms with Crippen molar-refractivity contribution in [1.82, 2.24) is 14.9 Å². The van der Waals surface area contributed by atoms with Gasteiger partial charge in [-0.05, 0) is 24.3 Å². The van der Waals surface area contributed by atoms with Gasteiger partial charge in [-0.1, -0.05) is 6.07 Å². The molecule has 0 aliphatic carbocycles. The van der Waals surface area contributed by atoms with Crippen LogP contribution < -0.4 is 10.6 Å². The van der Waals surface area contributed by atoms with Crippen LogP contribution >= 0.6 is 0 Å².